The van der Waals surface area contributed by atoms with E-state index >= 15 is 0 Å². The summed E-state index contributed by atoms with van der Waals surface area (Å²) in [5, 5.41) is 28.6. The highest BCUT2D eigenvalue weighted by Gasteiger charge is 2.18. The number of anilines is 1. The Morgan fingerprint density at radius 3 is 2.83 bits per heavy atom. The number of carbonyl (C=O) groups is 1. The lowest BCUT2D eigenvalue weighted by atomic mass is 10.4. The molecule has 0 radical (unpaired) electrons. The molecule has 11 heteroatoms. The number of fused-ring (bicyclic) bond motifs is 1. The van der Waals surface area contributed by atoms with Gasteiger partial charge in [0.1, 0.15) is 10.7 Å². The maximum Gasteiger partial charge on any atom is 0.433 e. The van der Waals surface area contributed by atoms with Gasteiger partial charge in [-0.1, -0.05) is 0 Å². The van der Waals surface area contributed by atoms with E-state index in [4.69, 9.17) is 4.42 Å². The number of nitrogens with zero attached hydrogens (tertiary/aromatic N) is 5. The molecule has 1 amide bonds. The average Bonchev–Trinajstić information content (AvgIpc) is 3.17. The fourth-order valence-electron chi connectivity index (χ4n) is 2.01. The van der Waals surface area contributed by atoms with Gasteiger partial charge in [-0.15, -0.1) is 15.3 Å². The van der Waals surface area contributed by atoms with Crippen LogP contribution < -0.4 is 10.6 Å². The molecule has 0 unspecified atom stereocenters. The van der Waals surface area contributed by atoms with Crippen LogP contribution in [0.5, 0.6) is 0 Å². The fraction of sp³-hybridized carbons (Fsp3) is 0.231. The molecule has 0 fully saturated rings. The number of nitrogens with one attached hydrogen (secondary N) is 2. The Morgan fingerprint density at radius 2 is 2.12 bits per heavy atom. The second kappa shape index (κ2) is 6.32. The zero-order valence-electron chi connectivity index (χ0n) is 12.6. The first-order valence-corrected chi connectivity index (χ1v) is 7.00. The quantitative estimate of drug-likeness (QED) is 0.384. The monoisotopic (exact) mass is 331 g/mol. The van der Waals surface area contributed by atoms with Crippen molar-refractivity contribution in [3.05, 3.63) is 34.4 Å². The Kier molecular flexibility index (Phi) is 4.05. The highest BCUT2D eigenvalue weighted by atomic mass is 16.6. The summed E-state index contributed by atoms with van der Waals surface area (Å²) in [6.07, 6.45) is 0. The van der Waals surface area contributed by atoms with Crippen molar-refractivity contribution in [1.29, 1.82) is 0 Å². The van der Waals surface area contributed by atoms with Crippen LogP contribution in [0.1, 0.15) is 6.92 Å². The summed E-state index contributed by atoms with van der Waals surface area (Å²) in [5.41, 5.74) is 0.469. The predicted molar refractivity (Wildman–Crippen MR) is 82.3 cm³/mol. The topological polar surface area (TPSA) is 140 Å². The van der Waals surface area contributed by atoms with E-state index in [1.807, 2.05) is 0 Å². The summed E-state index contributed by atoms with van der Waals surface area (Å²) < 4.78 is 6.55. The van der Waals surface area contributed by atoms with Crippen LogP contribution in [0, 0.1) is 10.1 Å². The molecule has 124 valence electrons. The van der Waals surface area contributed by atoms with Gasteiger partial charge >= 0.3 is 5.88 Å². The largest absolute Gasteiger partial charge is 0.433 e. The first-order valence-electron chi connectivity index (χ1n) is 7.00. The van der Waals surface area contributed by atoms with Crippen molar-refractivity contribution < 1.29 is 14.1 Å². The standard InChI is InChI=1S/C13H13N7O4/c1-8(21)14-6-7-15-10-3-4-11-16-17-13(19(11)18-10)9-2-5-12(24-9)20(22)23/h2-5H,6-7H2,1H3,(H,14,21)(H,15,18). The first kappa shape index (κ1) is 15.4. The second-order valence-electron chi connectivity index (χ2n) is 4.82. The van der Waals surface area contributed by atoms with Gasteiger partial charge in [0.05, 0.1) is 6.07 Å². The number of nitro groups is 1. The Balaban J connectivity index is 1.83. The molecule has 0 bridgehead atoms. The van der Waals surface area contributed by atoms with Gasteiger partial charge in [0.2, 0.25) is 11.7 Å². The summed E-state index contributed by atoms with van der Waals surface area (Å²) in [6, 6.07) is 6.09. The molecule has 2 N–H and O–H groups in total. The molecule has 0 aliphatic rings. The number of rotatable bonds is 6. The van der Waals surface area contributed by atoms with Crippen molar-refractivity contribution in [1.82, 2.24) is 25.1 Å². The van der Waals surface area contributed by atoms with Crippen LogP contribution in [0.15, 0.2) is 28.7 Å². The number of hydrogen-bond donors (Lipinski definition) is 2. The smallest absolute Gasteiger partial charge is 0.397 e. The fourth-order valence-corrected chi connectivity index (χ4v) is 2.01. The molecule has 24 heavy (non-hydrogen) atoms. The molecule has 3 aromatic heterocycles. The van der Waals surface area contributed by atoms with Crippen LogP contribution >= 0.6 is 0 Å². The number of carbonyl (C=O) groups excluding carboxylic acids is 1. The van der Waals surface area contributed by atoms with Crippen molar-refractivity contribution >= 4 is 23.3 Å². The number of amides is 1. The molecule has 0 aromatic carbocycles. The van der Waals surface area contributed by atoms with Gasteiger partial charge in [-0.05, 0) is 18.2 Å². The molecule has 0 spiro atoms. The second-order valence-corrected chi connectivity index (χ2v) is 4.82. The van der Waals surface area contributed by atoms with Gasteiger partial charge in [-0.3, -0.25) is 14.9 Å². The van der Waals surface area contributed by atoms with E-state index in [0.717, 1.165) is 0 Å². The van der Waals surface area contributed by atoms with Crippen molar-refractivity contribution in [3.8, 4) is 11.6 Å². The maximum absolute atomic E-state index is 10.8. The molecule has 0 saturated carbocycles. The van der Waals surface area contributed by atoms with Gasteiger partial charge in [0.15, 0.2) is 11.4 Å². The lowest BCUT2D eigenvalue weighted by molar-refractivity contribution is -0.401. The molecule has 0 saturated heterocycles. The van der Waals surface area contributed by atoms with Gasteiger partial charge in [0, 0.05) is 20.0 Å². The van der Waals surface area contributed by atoms with E-state index in [0.29, 0.717) is 24.6 Å². The summed E-state index contributed by atoms with van der Waals surface area (Å²) in [6.45, 7) is 2.38. The van der Waals surface area contributed by atoms with E-state index in [-0.39, 0.29) is 23.4 Å². The summed E-state index contributed by atoms with van der Waals surface area (Å²) in [4.78, 5) is 20.9. The van der Waals surface area contributed by atoms with E-state index in [9.17, 15) is 14.9 Å². The maximum atomic E-state index is 10.8. The molecule has 0 aliphatic heterocycles. The minimum absolute atomic E-state index is 0.110. The molecular formula is C13H13N7O4. The lowest BCUT2D eigenvalue weighted by Crippen LogP contribution is -2.26. The summed E-state index contributed by atoms with van der Waals surface area (Å²) >= 11 is 0. The van der Waals surface area contributed by atoms with Crippen molar-refractivity contribution in [2.24, 2.45) is 0 Å². The zero-order valence-corrected chi connectivity index (χ0v) is 12.6. The average molecular weight is 331 g/mol. The molecule has 11 nitrogen and oxygen atoms in total. The Morgan fingerprint density at radius 1 is 1.29 bits per heavy atom. The SMILES string of the molecule is CC(=O)NCCNc1ccc2nnc(-c3ccc([N+](=O)[O-])o3)n2n1. The number of aromatic nitrogens is 4. The van der Waals surface area contributed by atoms with Crippen molar-refractivity contribution in [2.45, 2.75) is 6.92 Å². The van der Waals surface area contributed by atoms with Gasteiger partial charge < -0.3 is 15.1 Å². The van der Waals surface area contributed by atoms with Gasteiger partial charge in [-0.25, -0.2) is 0 Å². The molecule has 3 aromatic rings. The van der Waals surface area contributed by atoms with Crippen LogP contribution in [0.4, 0.5) is 11.7 Å². The highest BCUT2D eigenvalue weighted by Crippen LogP contribution is 2.24. The minimum atomic E-state index is -0.630. The zero-order chi connectivity index (χ0) is 17.1. The van der Waals surface area contributed by atoms with Crippen LogP contribution in [0.3, 0.4) is 0 Å². The van der Waals surface area contributed by atoms with E-state index < -0.39 is 4.92 Å². The highest BCUT2D eigenvalue weighted by molar-refractivity contribution is 5.72. The molecule has 0 aliphatic carbocycles. The third-order valence-corrected chi connectivity index (χ3v) is 3.06. The predicted octanol–water partition coefficient (Wildman–Crippen LogP) is 0.840. The third-order valence-electron chi connectivity index (χ3n) is 3.06. The van der Waals surface area contributed by atoms with E-state index in [2.05, 4.69) is 25.9 Å². The van der Waals surface area contributed by atoms with Gasteiger partial charge in [0.25, 0.3) is 0 Å². The molecule has 3 rings (SSSR count). The lowest BCUT2D eigenvalue weighted by Gasteiger charge is -2.06. The summed E-state index contributed by atoms with van der Waals surface area (Å²) in [7, 11) is 0. The molecule has 3 heterocycles. The normalized spacial score (nSPS) is 10.7. The number of furan rings is 1. The first-order chi connectivity index (χ1) is 11.5. The van der Waals surface area contributed by atoms with Crippen molar-refractivity contribution in [2.75, 3.05) is 18.4 Å². The van der Waals surface area contributed by atoms with E-state index in [1.165, 1.54) is 23.6 Å². The van der Waals surface area contributed by atoms with Gasteiger partial charge in [-0.2, -0.15) is 4.52 Å². The Bertz CT molecular complexity index is 901. The van der Waals surface area contributed by atoms with E-state index in [1.54, 1.807) is 12.1 Å². The van der Waals surface area contributed by atoms with Crippen LogP contribution in [-0.4, -0.2) is 43.7 Å². The minimum Gasteiger partial charge on any atom is -0.397 e. The van der Waals surface area contributed by atoms with Crippen LogP contribution in [0.2, 0.25) is 0 Å². The van der Waals surface area contributed by atoms with Crippen LogP contribution in [0.25, 0.3) is 17.2 Å². The molecular weight excluding hydrogens is 318 g/mol. The third kappa shape index (κ3) is 3.14. The summed E-state index contributed by atoms with van der Waals surface area (Å²) in [5.74, 6) is 0.489. The Labute approximate surface area is 134 Å². The number of hydrogen-bond acceptors (Lipinski definition) is 8. The Hall–Kier alpha value is -3.50. The molecule has 0 atom stereocenters. The van der Waals surface area contributed by atoms with Crippen LogP contribution in [-0.2, 0) is 4.79 Å². The van der Waals surface area contributed by atoms with Crippen molar-refractivity contribution in [3.63, 3.8) is 0 Å².